The number of nitrogens with zero attached hydrogens (tertiary/aromatic N) is 2. The lowest BCUT2D eigenvalue weighted by Crippen LogP contribution is -2.42. The zero-order valence-electron chi connectivity index (χ0n) is 10.3. The number of rotatable bonds is 1. The summed E-state index contributed by atoms with van der Waals surface area (Å²) in [6, 6.07) is 3.95. The predicted octanol–water partition coefficient (Wildman–Crippen LogP) is 1.80. The van der Waals surface area contributed by atoms with E-state index < -0.39 is 0 Å². The van der Waals surface area contributed by atoms with Crippen LogP contribution in [0.1, 0.15) is 28.9 Å². The number of carbonyl (C=O) groups is 1. The Morgan fingerprint density at radius 2 is 1.94 bits per heavy atom. The minimum atomic E-state index is 0. The van der Waals surface area contributed by atoms with Crippen LogP contribution in [-0.2, 0) is 0 Å². The van der Waals surface area contributed by atoms with Gasteiger partial charge < -0.3 is 10.6 Å². The topological polar surface area (TPSA) is 59.2 Å². The molecule has 18 heavy (non-hydrogen) atoms. The quantitative estimate of drug-likeness (QED) is 0.858. The van der Waals surface area contributed by atoms with Crippen LogP contribution in [0.4, 0.5) is 0 Å². The molecule has 2 rings (SSSR count). The average molecular weight is 292 g/mol. The van der Waals surface area contributed by atoms with Gasteiger partial charge in [-0.05, 0) is 31.9 Å². The maximum atomic E-state index is 12.1. The third kappa shape index (κ3) is 4.12. The van der Waals surface area contributed by atoms with Crippen molar-refractivity contribution in [2.45, 2.75) is 25.8 Å². The first-order valence-electron chi connectivity index (χ1n) is 5.64. The molecule has 1 aliphatic heterocycles. The fourth-order valence-corrected chi connectivity index (χ4v) is 1.88. The molecule has 0 saturated carbocycles. The van der Waals surface area contributed by atoms with Crippen LogP contribution in [0.5, 0.6) is 0 Å². The van der Waals surface area contributed by atoms with Gasteiger partial charge in [-0.25, -0.2) is 0 Å². The predicted molar refractivity (Wildman–Crippen MR) is 76.6 cm³/mol. The van der Waals surface area contributed by atoms with Gasteiger partial charge in [0, 0.05) is 31.0 Å². The van der Waals surface area contributed by atoms with E-state index in [1.54, 1.807) is 6.20 Å². The Morgan fingerprint density at radius 1 is 1.33 bits per heavy atom. The van der Waals surface area contributed by atoms with Crippen molar-refractivity contribution in [3.05, 3.63) is 29.6 Å². The zero-order valence-corrected chi connectivity index (χ0v) is 12.0. The van der Waals surface area contributed by atoms with E-state index in [0.29, 0.717) is 5.56 Å². The van der Waals surface area contributed by atoms with Crippen molar-refractivity contribution in [3.63, 3.8) is 0 Å². The lowest BCUT2D eigenvalue weighted by molar-refractivity contribution is 0.0714. The van der Waals surface area contributed by atoms with Gasteiger partial charge in [0.1, 0.15) is 0 Å². The molecule has 6 heteroatoms. The number of aromatic nitrogens is 1. The van der Waals surface area contributed by atoms with E-state index in [4.69, 9.17) is 5.73 Å². The molecule has 1 saturated heterocycles. The first-order valence-corrected chi connectivity index (χ1v) is 5.64. The SMILES string of the molecule is Cc1ccc(C(=O)N2CCC(N)CC2)cn1.Cl.Cl. The van der Waals surface area contributed by atoms with E-state index in [0.717, 1.165) is 31.6 Å². The van der Waals surface area contributed by atoms with E-state index >= 15 is 0 Å². The standard InChI is InChI=1S/C12H17N3O.2ClH/c1-9-2-3-10(8-14-9)12(16)15-6-4-11(13)5-7-15;;/h2-3,8,11H,4-7,13H2,1H3;2*1H. The van der Waals surface area contributed by atoms with Crippen molar-refractivity contribution in [3.8, 4) is 0 Å². The second kappa shape index (κ2) is 7.56. The Balaban J connectivity index is 0.00000144. The van der Waals surface area contributed by atoms with Crippen molar-refractivity contribution in [1.82, 2.24) is 9.88 Å². The molecule has 2 heterocycles. The molecule has 1 aromatic rings. The van der Waals surface area contributed by atoms with Crippen LogP contribution in [0, 0.1) is 6.92 Å². The number of pyridine rings is 1. The van der Waals surface area contributed by atoms with Crippen LogP contribution in [0.15, 0.2) is 18.3 Å². The summed E-state index contributed by atoms with van der Waals surface area (Å²) >= 11 is 0. The van der Waals surface area contributed by atoms with E-state index in [-0.39, 0.29) is 36.8 Å². The number of carbonyl (C=O) groups excluding carboxylic acids is 1. The van der Waals surface area contributed by atoms with Gasteiger partial charge in [-0.15, -0.1) is 24.8 Å². The summed E-state index contributed by atoms with van der Waals surface area (Å²) < 4.78 is 0. The molecular formula is C12H19Cl2N3O. The van der Waals surface area contributed by atoms with E-state index in [9.17, 15) is 4.79 Å². The Kier molecular flexibility index (Phi) is 7.21. The molecule has 0 unspecified atom stereocenters. The number of nitrogens with two attached hydrogens (primary N) is 1. The monoisotopic (exact) mass is 291 g/mol. The molecule has 0 aromatic carbocycles. The van der Waals surface area contributed by atoms with Gasteiger partial charge in [-0.3, -0.25) is 9.78 Å². The molecule has 0 radical (unpaired) electrons. The second-order valence-electron chi connectivity index (χ2n) is 4.32. The van der Waals surface area contributed by atoms with Gasteiger partial charge in [-0.2, -0.15) is 0 Å². The lowest BCUT2D eigenvalue weighted by atomic mass is 10.1. The summed E-state index contributed by atoms with van der Waals surface area (Å²) in [5.74, 6) is 0.0689. The van der Waals surface area contributed by atoms with Crippen LogP contribution in [0.3, 0.4) is 0 Å². The van der Waals surface area contributed by atoms with E-state index in [1.165, 1.54) is 0 Å². The highest BCUT2D eigenvalue weighted by atomic mass is 35.5. The van der Waals surface area contributed by atoms with E-state index in [2.05, 4.69) is 4.98 Å². The molecule has 1 aliphatic rings. The summed E-state index contributed by atoms with van der Waals surface area (Å²) in [5, 5.41) is 0. The summed E-state index contributed by atoms with van der Waals surface area (Å²) in [4.78, 5) is 18.1. The smallest absolute Gasteiger partial charge is 0.255 e. The van der Waals surface area contributed by atoms with Gasteiger partial charge in [-0.1, -0.05) is 0 Å². The third-order valence-corrected chi connectivity index (χ3v) is 2.99. The Labute approximate surface area is 120 Å². The van der Waals surface area contributed by atoms with Crippen LogP contribution >= 0.6 is 24.8 Å². The number of halogens is 2. The maximum absolute atomic E-state index is 12.1. The molecule has 1 aromatic heterocycles. The maximum Gasteiger partial charge on any atom is 0.255 e. The molecule has 0 bridgehead atoms. The largest absolute Gasteiger partial charge is 0.338 e. The van der Waals surface area contributed by atoms with Gasteiger partial charge in [0.2, 0.25) is 0 Å². The third-order valence-electron chi connectivity index (χ3n) is 2.99. The van der Waals surface area contributed by atoms with Crippen LogP contribution < -0.4 is 5.73 Å². The van der Waals surface area contributed by atoms with Crippen molar-refractivity contribution in [1.29, 1.82) is 0 Å². The van der Waals surface area contributed by atoms with Crippen LogP contribution in [0.25, 0.3) is 0 Å². The number of likely N-dealkylation sites (tertiary alicyclic amines) is 1. The molecule has 1 fully saturated rings. The zero-order chi connectivity index (χ0) is 11.5. The highest BCUT2D eigenvalue weighted by Gasteiger charge is 2.21. The highest BCUT2D eigenvalue weighted by Crippen LogP contribution is 2.12. The van der Waals surface area contributed by atoms with Crippen LogP contribution in [-0.4, -0.2) is 34.9 Å². The first-order chi connectivity index (χ1) is 7.66. The normalized spacial score (nSPS) is 15.6. The van der Waals surface area contributed by atoms with Crippen molar-refractivity contribution in [2.75, 3.05) is 13.1 Å². The Bertz CT molecular complexity index is 375. The summed E-state index contributed by atoms with van der Waals surface area (Å²) in [6.07, 6.45) is 3.43. The number of hydrogen-bond donors (Lipinski definition) is 1. The van der Waals surface area contributed by atoms with Crippen molar-refractivity contribution >= 4 is 30.7 Å². The molecule has 2 N–H and O–H groups in total. The van der Waals surface area contributed by atoms with Gasteiger partial charge >= 0.3 is 0 Å². The summed E-state index contributed by atoms with van der Waals surface area (Å²) in [7, 11) is 0. The highest BCUT2D eigenvalue weighted by molar-refractivity contribution is 5.94. The summed E-state index contributed by atoms with van der Waals surface area (Å²) in [5.41, 5.74) is 7.40. The number of amides is 1. The number of hydrogen-bond acceptors (Lipinski definition) is 3. The molecule has 0 aliphatic carbocycles. The Hall–Kier alpha value is -0.840. The van der Waals surface area contributed by atoms with Gasteiger partial charge in [0.05, 0.1) is 5.56 Å². The minimum Gasteiger partial charge on any atom is -0.338 e. The van der Waals surface area contributed by atoms with Gasteiger partial charge in [0.25, 0.3) is 5.91 Å². The molecule has 0 spiro atoms. The average Bonchev–Trinajstić information content (AvgIpc) is 2.30. The number of piperidine rings is 1. The molecule has 0 atom stereocenters. The molecule has 102 valence electrons. The first kappa shape index (κ1) is 17.2. The van der Waals surface area contributed by atoms with Gasteiger partial charge in [0.15, 0.2) is 0 Å². The number of aryl methyl sites for hydroxylation is 1. The molecule has 1 amide bonds. The fraction of sp³-hybridized carbons (Fsp3) is 0.500. The molecular weight excluding hydrogens is 273 g/mol. The molecule has 4 nitrogen and oxygen atoms in total. The van der Waals surface area contributed by atoms with Crippen molar-refractivity contribution < 1.29 is 4.79 Å². The van der Waals surface area contributed by atoms with Crippen LogP contribution in [0.2, 0.25) is 0 Å². The van der Waals surface area contributed by atoms with E-state index in [1.807, 2.05) is 24.0 Å². The Morgan fingerprint density at radius 3 is 2.44 bits per heavy atom. The summed E-state index contributed by atoms with van der Waals surface area (Å²) in [6.45, 7) is 3.43. The van der Waals surface area contributed by atoms with Crippen molar-refractivity contribution in [2.24, 2.45) is 5.73 Å². The fourth-order valence-electron chi connectivity index (χ4n) is 1.88. The second-order valence-corrected chi connectivity index (χ2v) is 4.32. The lowest BCUT2D eigenvalue weighted by Gasteiger charge is -2.30. The minimum absolute atomic E-state index is 0.